The van der Waals surface area contributed by atoms with Gasteiger partial charge in [-0.2, -0.15) is 0 Å². The molecule has 0 amide bonds. The summed E-state index contributed by atoms with van der Waals surface area (Å²) in [5.74, 6) is 5.34. The third-order valence-corrected chi connectivity index (χ3v) is 5.10. The number of aliphatic carboxylic acids is 1. The van der Waals surface area contributed by atoms with E-state index in [1.807, 2.05) is 36.4 Å². The Balaban J connectivity index is -0.0000000385. The summed E-state index contributed by atoms with van der Waals surface area (Å²) in [7, 11) is 0. The van der Waals surface area contributed by atoms with Gasteiger partial charge in [-0.3, -0.25) is 4.79 Å². The molecule has 0 saturated carbocycles. The molecule has 0 bridgehead atoms. The number of hydrogen-bond donors (Lipinski definition) is 1. The molecule has 21 nitrogen and oxygen atoms in total. The number of carboxylic acid groups (broad SMARTS) is 1. The van der Waals surface area contributed by atoms with E-state index >= 15 is 0 Å². The van der Waals surface area contributed by atoms with Crippen LogP contribution in [0, 0.1) is 127 Å². The molecule has 1 aliphatic rings. The molecule has 2 aromatic carbocycles. The Hall–Kier alpha value is -6.78. The molecular formula is C44H28Co2O21S2. The minimum Gasteiger partial charge on any atom is 0 e. The second-order valence-corrected chi connectivity index (χ2v) is 8.54. The van der Waals surface area contributed by atoms with E-state index in [0.717, 1.165) is 30.9 Å². The third-order valence-electron chi connectivity index (χ3n) is 4.66. The number of fused-ring (bicyclic) bond motifs is 2. The van der Waals surface area contributed by atoms with Crippen LogP contribution in [0.2, 0.25) is 0 Å². The molecule has 2 aromatic heterocycles. The Bertz CT molecular complexity index is 1980. The second-order valence-electron chi connectivity index (χ2n) is 7.73. The number of carboxylic acids is 1. The molecule has 4 aromatic rings. The molecule has 0 spiro atoms. The van der Waals surface area contributed by atoms with Gasteiger partial charge >= 0.3 is 158 Å². The summed E-state index contributed by atoms with van der Waals surface area (Å²) in [6.45, 7) is 66.6. The predicted molar refractivity (Wildman–Crippen MR) is 211 cm³/mol. The van der Waals surface area contributed by atoms with Crippen LogP contribution in [0.5, 0.6) is 11.5 Å². The molecule has 0 unspecified atom stereocenters. The van der Waals surface area contributed by atoms with Crippen LogP contribution in [0.1, 0.15) is 19.8 Å². The standard InChI is InChI=1S/2C12H8O2S.C4H8O.C2H4O2.14CO.2Co/c2*1-2-7-13-10-5-3-9-4-6-12(15)14-11(9)8-10;1-2-4-5-3-1;1-2(3)4;14*1-2;;/h2*1,3-6,8H,7H2;1-4H2;1H3,(H,3,4);;;;;;;;;;;;;;;;. The number of hydrogen-bond acceptors (Lipinski definition) is 8. The summed E-state index contributed by atoms with van der Waals surface area (Å²) in [5, 5.41) is 9.38. The van der Waals surface area contributed by atoms with Gasteiger partial charge in [0.15, 0.2) is 9.41 Å². The number of rotatable bonds is 4. The molecule has 0 aliphatic carbocycles. The van der Waals surface area contributed by atoms with Crippen LogP contribution in [0.4, 0.5) is 0 Å². The summed E-state index contributed by atoms with van der Waals surface area (Å²) < 4.78 is 132. The van der Waals surface area contributed by atoms with Crippen LogP contribution >= 0.6 is 24.4 Å². The Morgan fingerprint density at radius 1 is 0.522 bits per heavy atom. The average Bonchev–Trinajstić information content (AvgIpc) is 4.04. The zero-order valence-corrected chi connectivity index (χ0v) is 38.5. The fourth-order valence-electron chi connectivity index (χ4n) is 3.02. The zero-order valence-electron chi connectivity index (χ0n) is 34.8. The summed E-state index contributed by atoms with van der Waals surface area (Å²) in [4.78, 5) is 9.00. The first-order valence-electron chi connectivity index (χ1n) is 14.7. The van der Waals surface area contributed by atoms with Gasteiger partial charge in [0.2, 0.25) is 0 Å². The number of terminal acetylenes is 2. The van der Waals surface area contributed by atoms with Crippen molar-refractivity contribution in [3.63, 3.8) is 0 Å². The summed E-state index contributed by atoms with van der Waals surface area (Å²) in [6, 6.07) is 18.4. The van der Waals surface area contributed by atoms with Crippen LogP contribution in [-0.2, 0) is 108 Å². The quantitative estimate of drug-likeness (QED) is 0.0981. The maximum absolute atomic E-state index is 9.00. The summed E-state index contributed by atoms with van der Waals surface area (Å²) in [5.41, 5.74) is 1.41. The Labute approximate surface area is 427 Å². The first-order valence-corrected chi connectivity index (χ1v) is 15.5. The van der Waals surface area contributed by atoms with Gasteiger partial charge in [-0.1, -0.05) is 11.8 Å². The number of carbonyl (C=O) groups is 1. The molecule has 1 N–H and O–H groups in total. The van der Waals surface area contributed by atoms with Gasteiger partial charge in [0.05, 0.1) is 0 Å². The molecule has 1 fully saturated rings. The zero-order chi connectivity index (χ0) is 56.5. The molecular weight excluding hydrogens is 1050 g/mol. The van der Waals surface area contributed by atoms with Crippen molar-refractivity contribution < 1.29 is 132 Å². The van der Waals surface area contributed by atoms with Crippen LogP contribution in [0.15, 0.2) is 69.5 Å². The smallest absolute Gasteiger partial charge is 0 e. The van der Waals surface area contributed by atoms with E-state index in [2.05, 4.69) is 105 Å². The normalized spacial score (nSPS) is 6.77. The average molecular weight is 1070 g/mol. The number of ether oxygens (including phenoxy) is 3. The second kappa shape index (κ2) is 119. The molecule has 360 valence electrons. The van der Waals surface area contributed by atoms with Gasteiger partial charge in [0, 0.05) is 76.6 Å². The van der Waals surface area contributed by atoms with E-state index in [-0.39, 0.29) is 46.8 Å². The molecule has 69 heavy (non-hydrogen) atoms. The maximum atomic E-state index is 9.00. The SMILES string of the molecule is C#CCOc1ccc2ccc(=S)oc2c1.C#CCOc1ccc2ccc(=S)oc2c1.C1CCOC1.CC(=O)O.[C-]#[O+].[C-]#[O+].[C-]#[O+].[C-]#[O+].[C-]#[O+].[C-]#[O+].[C-]#[O+].[C-]#[O+].[C-]#[O+].[C-]#[O+].[C-]#[O+].[C-]#[O+].[C-]#[O+].[C-]#[O+].[Co].[Co]. The largest absolute Gasteiger partial charge is 0 e. The first kappa shape index (κ1) is 105. The van der Waals surface area contributed by atoms with Gasteiger partial charge in [-0.05, 0) is 85.8 Å². The fraction of sp³-hybridized carbons (Fsp3) is 0.159. The van der Waals surface area contributed by atoms with Crippen molar-refractivity contribution in [2.45, 2.75) is 19.8 Å². The van der Waals surface area contributed by atoms with Gasteiger partial charge in [-0.25, -0.2) is 0 Å². The molecule has 25 heteroatoms. The van der Waals surface area contributed by atoms with Crippen LogP contribution in [0.3, 0.4) is 0 Å². The molecule has 1 saturated heterocycles. The van der Waals surface area contributed by atoms with Crippen LogP contribution in [0.25, 0.3) is 21.9 Å². The Kier molecular flexibility index (Phi) is 180. The van der Waals surface area contributed by atoms with Crippen molar-refractivity contribution in [2.75, 3.05) is 26.4 Å². The maximum Gasteiger partial charge on any atom is 0 e. The van der Waals surface area contributed by atoms with Crippen molar-refractivity contribution in [2.24, 2.45) is 0 Å². The molecule has 0 atom stereocenters. The van der Waals surface area contributed by atoms with Crippen LogP contribution < -0.4 is 9.47 Å². The van der Waals surface area contributed by atoms with E-state index in [9.17, 15) is 0 Å². The molecule has 3 heterocycles. The third kappa shape index (κ3) is 85.1. The molecule has 1 aliphatic heterocycles. The predicted octanol–water partition coefficient (Wildman–Crippen LogP) is 6.71. The summed E-state index contributed by atoms with van der Waals surface area (Å²) >= 11 is 9.86. The van der Waals surface area contributed by atoms with Crippen LogP contribution in [-0.4, -0.2) is 37.5 Å². The minimum atomic E-state index is -0.833. The minimum absolute atomic E-state index is 0. The topological polar surface area (TPSA) is 370 Å². The first-order chi connectivity index (χ1) is 32.8. The van der Waals surface area contributed by atoms with E-state index in [0.29, 0.717) is 32.1 Å². The van der Waals surface area contributed by atoms with Gasteiger partial charge < -0.3 is 28.2 Å². The van der Waals surface area contributed by atoms with Gasteiger partial charge in [0.1, 0.15) is 35.9 Å². The monoisotopic (exact) mass is 1070 g/mol. The van der Waals surface area contributed by atoms with Crippen molar-refractivity contribution in [1.82, 2.24) is 0 Å². The van der Waals surface area contributed by atoms with E-state index < -0.39 is 5.97 Å². The van der Waals surface area contributed by atoms with Crippen molar-refractivity contribution in [3.05, 3.63) is 163 Å². The van der Waals surface area contributed by atoms with Crippen molar-refractivity contribution >= 4 is 52.3 Å². The number of benzene rings is 2. The Morgan fingerprint density at radius 2 is 0.739 bits per heavy atom. The summed E-state index contributed by atoms with van der Waals surface area (Å²) in [6.07, 6.45) is 12.8. The fourth-order valence-corrected chi connectivity index (χ4v) is 3.34. The molecule has 5 rings (SSSR count). The van der Waals surface area contributed by atoms with E-state index in [1.165, 1.54) is 12.8 Å². The van der Waals surface area contributed by atoms with Crippen molar-refractivity contribution in [1.29, 1.82) is 0 Å². The van der Waals surface area contributed by atoms with E-state index in [4.69, 9.17) is 135 Å². The van der Waals surface area contributed by atoms with Gasteiger partial charge in [-0.15, -0.1) is 12.8 Å². The van der Waals surface area contributed by atoms with E-state index in [1.54, 1.807) is 24.3 Å². The van der Waals surface area contributed by atoms with Gasteiger partial charge in [0.25, 0.3) is 5.97 Å². The van der Waals surface area contributed by atoms with Crippen molar-refractivity contribution in [3.8, 4) is 36.2 Å². The Morgan fingerprint density at radius 3 is 0.928 bits per heavy atom. The molecule has 2 radical (unpaired) electrons.